The van der Waals surface area contributed by atoms with E-state index in [4.69, 9.17) is 0 Å². The molecule has 4 bridgehead atoms. The van der Waals surface area contributed by atoms with Crippen LogP contribution in [0.5, 0.6) is 0 Å². The van der Waals surface area contributed by atoms with Crippen molar-refractivity contribution in [3.8, 4) is 10.7 Å². The maximum atomic E-state index is 12.5. The van der Waals surface area contributed by atoms with Gasteiger partial charge in [0.1, 0.15) is 0 Å². The van der Waals surface area contributed by atoms with Crippen LogP contribution in [0.25, 0.3) is 10.7 Å². The summed E-state index contributed by atoms with van der Waals surface area (Å²) < 4.78 is 27.1. The Labute approximate surface area is 158 Å². The lowest BCUT2D eigenvalue weighted by Crippen LogP contribution is -2.52. The van der Waals surface area contributed by atoms with Gasteiger partial charge in [0.2, 0.25) is 15.0 Å². The normalized spacial score (nSPS) is 33.1. The Morgan fingerprint density at radius 1 is 1.04 bits per heavy atom. The number of rotatable bonds is 3. The van der Waals surface area contributed by atoms with Gasteiger partial charge in [-0.25, -0.2) is 13.4 Å². The van der Waals surface area contributed by atoms with E-state index in [0.29, 0.717) is 23.6 Å². The van der Waals surface area contributed by atoms with Crippen LogP contribution >= 0.6 is 11.3 Å². The van der Waals surface area contributed by atoms with E-state index in [1.165, 1.54) is 25.5 Å². The summed E-state index contributed by atoms with van der Waals surface area (Å²) in [7, 11) is -3.45. The maximum absolute atomic E-state index is 12.5. The van der Waals surface area contributed by atoms with Crippen LogP contribution < -0.4 is 0 Å². The van der Waals surface area contributed by atoms with Gasteiger partial charge >= 0.3 is 0 Å². The van der Waals surface area contributed by atoms with Gasteiger partial charge in [0.25, 0.3) is 0 Å². The maximum Gasteiger partial charge on any atom is 0.250 e. The van der Waals surface area contributed by atoms with Crippen molar-refractivity contribution in [2.75, 3.05) is 6.26 Å². The van der Waals surface area contributed by atoms with Crippen molar-refractivity contribution in [1.82, 2.24) is 19.7 Å². The van der Waals surface area contributed by atoms with Gasteiger partial charge in [-0.1, -0.05) is 0 Å². The third-order valence-corrected chi connectivity index (χ3v) is 8.55. The minimum Gasteiger partial charge on any atom is -0.291 e. The molecule has 4 saturated carbocycles. The fourth-order valence-electron chi connectivity index (χ4n) is 6.16. The van der Waals surface area contributed by atoms with E-state index in [1.807, 2.05) is 18.4 Å². The summed E-state index contributed by atoms with van der Waals surface area (Å²) in [6.07, 6.45) is 8.36. The number of aromatic nitrogens is 4. The van der Waals surface area contributed by atoms with Crippen molar-refractivity contribution >= 4 is 21.2 Å². The Bertz CT molecular complexity index is 954. The van der Waals surface area contributed by atoms with Crippen molar-refractivity contribution in [2.45, 2.75) is 63.1 Å². The van der Waals surface area contributed by atoms with Crippen LogP contribution in [-0.4, -0.2) is 34.4 Å². The minimum absolute atomic E-state index is 0.139. The van der Waals surface area contributed by atoms with E-state index in [1.54, 1.807) is 11.3 Å². The molecule has 2 heterocycles. The molecule has 0 N–H and O–H groups in total. The van der Waals surface area contributed by atoms with Crippen molar-refractivity contribution in [2.24, 2.45) is 17.8 Å². The predicted molar refractivity (Wildman–Crippen MR) is 99.9 cm³/mol. The van der Waals surface area contributed by atoms with Gasteiger partial charge in [-0.3, -0.25) is 4.57 Å². The number of aryl methyl sites for hydroxylation is 2. The first kappa shape index (κ1) is 16.9. The second-order valence-corrected chi connectivity index (χ2v) is 11.8. The van der Waals surface area contributed by atoms with E-state index in [9.17, 15) is 8.42 Å². The second kappa shape index (κ2) is 5.38. The van der Waals surface area contributed by atoms with Gasteiger partial charge in [-0.05, 0) is 70.1 Å². The van der Waals surface area contributed by atoms with Crippen molar-refractivity contribution in [3.63, 3.8) is 0 Å². The molecule has 0 atom stereocenters. The lowest BCUT2D eigenvalue weighted by molar-refractivity contribution is -0.0467. The van der Waals surface area contributed by atoms with Gasteiger partial charge in [0.15, 0.2) is 5.82 Å². The topological polar surface area (TPSA) is 77.7 Å². The molecule has 6 nitrogen and oxygen atoms in total. The van der Waals surface area contributed by atoms with Gasteiger partial charge in [0.05, 0.1) is 15.6 Å². The zero-order valence-corrected chi connectivity index (χ0v) is 17.0. The molecule has 26 heavy (non-hydrogen) atoms. The molecule has 4 fully saturated rings. The summed E-state index contributed by atoms with van der Waals surface area (Å²) in [6, 6.07) is 0. The molecular weight excluding hydrogens is 368 g/mol. The molecule has 2 aromatic rings. The van der Waals surface area contributed by atoms with Crippen molar-refractivity contribution < 1.29 is 8.42 Å². The lowest BCUT2D eigenvalue weighted by Gasteiger charge is -2.57. The Hall–Kier alpha value is -1.28. The van der Waals surface area contributed by atoms with Crippen LogP contribution in [-0.2, 0) is 15.4 Å². The zero-order chi connectivity index (χ0) is 18.3. The number of hydrogen-bond donors (Lipinski definition) is 0. The third kappa shape index (κ3) is 2.41. The van der Waals surface area contributed by atoms with E-state index in [0.717, 1.165) is 34.8 Å². The van der Waals surface area contributed by atoms with Gasteiger partial charge in [-0.15, -0.1) is 21.5 Å². The molecule has 2 aromatic heterocycles. The monoisotopic (exact) mass is 392 g/mol. The number of thiazole rings is 1. The molecule has 0 saturated heterocycles. The quantitative estimate of drug-likeness (QED) is 0.800. The molecule has 6 rings (SSSR count). The summed E-state index contributed by atoms with van der Waals surface area (Å²) >= 11 is 1.58. The summed E-state index contributed by atoms with van der Waals surface area (Å²) in [5.41, 5.74) is 0.766. The highest BCUT2D eigenvalue weighted by Crippen LogP contribution is 2.60. The predicted octanol–water partition coefficient (Wildman–Crippen LogP) is 3.35. The Kier molecular flexibility index (Phi) is 3.49. The smallest absolute Gasteiger partial charge is 0.250 e. The molecule has 0 aliphatic heterocycles. The van der Waals surface area contributed by atoms with Crippen LogP contribution in [0.1, 0.15) is 49.2 Å². The van der Waals surface area contributed by atoms with E-state index >= 15 is 0 Å². The first-order valence-corrected chi connectivity index (χ1v) is 12.1. The molecule has 0 radical (unpaired) electrons. The Morgan fingerprint density at radius 3 is 2.08 bits per heavy atom. The molecule has 8 heteroatoms. The molecule has 0 amide bonds. The van der Waals surface area contributed by atoms with E-state index < -0.39 is 9.84 Å². The second-order valence-electron chi connectivity index (χ2n) is 8.70. The average molecular weight is 393 g/mol. The highest BCUT2D eigenvalue weighted by Gasteiger charge is 2.54. The van der Waals surface area contributed by atoms with E-state index in [2.05, 4.69) is 15.2 Å². The molecule has 4 aliphatic rings. The molecule has 140 valence electrons. The molecular formula is C18H24N4O2S2. The van der Waals surface area contributed by atoms with Crippen molar-refractivity contribution in [1.29, 1.82) is 0 Å². The van der Waals surface area contributed by atoms with Crippen molar-refractivity contribution in [3.05, 3.63) is 10.7 Å². The van der Waals surface area contributed by atoms with Crippen LogP contribution in [0.4, 0.5) is 0 Å². The standard InChI is InChI=1S/C18H24N4O2S2/c1-10-15(25-11(2)19-10)16-20-21-17(26(3,23)24)22(16)18-7-12-4-13(8-18)6-14(5-12)9-18/h12-14H,4-9H2,1-3H3. The highest BCUT2D eigenvalue weighted by molar-refractivity contribution is 7.90. The van der Waals surface area contributed by atoms with E-state index in [-0.39, 0.29) is 10.7 Å². The van der Waals surface area contributed by atoms with Crippen LogP contribution in [0, 0.1) is 31.6 Å². The number of sulfone groups is 1. The largest absolute Gasteiger partial charge is 0.291 e. The van der Waals surface area contributed by atoms with Crippen LogP contribution in [0.3, 0.4) is 0 Å². The number of hydrogen-bond acceptors (Lipinski definition) is 6. The number of nitrogens with zero attached hydrogens (tertiary/aromatic N) is 4. The Morgan fingerprint density at radius 2 is 1.62 bits per heavy atom. The minimum atomic E-state index is -3.45. The summed E-state index contributed by atoms with van der Waals surface area (Å²) in [5, 5.41) is 9.67. The molecule has 0 unspecified atom stereocenters. The fraction of sp³-hybridized carbons (Fsp3) is 0.722. The Balaban J connectivity index is 1.75. The van der Waals surface area contributed by atoms with Crippen LogP contribution in [0.15, 0.2) is 5.16 Å². The highest BCUT2D eigenvalue weighted by atomic mass is 32.2. The molecule has 4 aliphatic carbocycles. The van der Waals surface area contributed by atoms with Gasteiger partial charge in [0, 0.05) is 11.8 Å². The summed E-state index contributed by atoms with van der Waals surface area (Å²) in [4.78, 5) is 5.49. The zero-order valence-electron chi connectivity index (χ0n) is 15.4. The first-order valence-electron chi connectivity index (χ1n) is 9.35. The molecule has 0 aromatic carbocycles. The molecule has 0 spiro atoms. The lowest BCUT2D eigenvalue weighted by atomic mass is 9.53. The van der Waals surface area contributed by atoms with Gasteiger partial charge < -0.3 is 0 Å². The van der Waals surface area contributed by atoms with Gasteiger partial charge in [-0.2, -0.15) is 0 Å². The third-order valence-electron chi connectivity index (χ3n) is 6.55. The summed E-state index contributed by atoms with van der Waals surface area (Å²) in [5.74, 6) is 2.85. The summed E-state index contributed by atoms with van der Waals surface area (Å²) in [6.45, 7) is 3.95. The SMILES string of the molecule is Cc1nc(C)c(-c2nnc(S(C)(=O)=O)n2C23CC4CC(CC(C4)C2)C3)s1. The fourth-order valence-corrected chi connectivity index (χ4v) is 7.86. The first-order chi connectivity index (χ1) is 12.2. The average Bonchev–Trinajstić information content (AvgIpc) is 3.09. The van der Waals surface area contributed by atoms with Crippen LogP contribution in [0.2, 0.25) is 0 Å².